The first kappa shape index (κ1) is 17.5. The smallest absolute Gasteiger partial charge is 0.277 e. The molecule has 0 radical (unpaired) electrons. The van der Waals surface area contributed by atoms with Crippen LogP contribution in [0.2, 0.25) is 0 Å². The Balaban J connectivity index is 1.33. The minimum absolute atomic E-state index is 0.115. The van der Waals surface area contributed by atoms with Crippen LogP contribution in [0.3, 0.4) is 0 Å². The zero-order chi connectivity index (χ0) is 17.9. The molecule has 1 aliphatic heterocycles. The molecule has 138 valence electrons. The second-order valence-electron chi connectivity index (χ2n) is 7.07. The Morgan fingerprint density at radius 3 is 2.85 bits per heavy atom. The molecule has 7 heteroatoms. The number of fused-ring (bicyclic) bond motifs is 1. The molecule has 4 rings (SSSR count). The standard InChI is InChI=1S/C19H22FN3O2S/c20-16-8-4-3-7-15(16)18-21-22-19(25-18)26-12-17(24)23-10-9-13-5-1-2-6-14(13)11-23/h3-4,7-8,13-14H,1-2,5-6,9-12H2/t13-,14-/m0/s1. The summed E-state index contributed by atoms with van der Waals surface area (Å²) in [7, 11) is 0. The van der Waals surface area contributed by atoms with E-state index in [1.165, 1.54) is 43.5 Å². The van der Waals surface area contributed by atoms with E-state index in [1.807, 2.05) is 4.90 Å². The van der Waals surface area contributed by atoms with Crippen LogP contribution < -0.4 is 0 Å². The number of carbonyl (C=O) groups is 1. The van der Waals surface area contributed by atoms with Gasteiger partial charge in [0.15, 0.2) is 0 Å². The molecule has 0 spiro atoms. The highest BCUT2D eigenvalue weighted by Gasteiger charge is 2.32. The second kappa shape index (κ2) is 7.78. The molecule has 2 aromatic rings. The Kier molecular flexibility index (Phi) is 5.24. The van der Waals surface area contributed by atoms with Crippen molar-refractivity contribution in [3.05, 3.63) is 30.1 Å². The topological polar surface area (TPSA) is 59.2 Å². The summed E-state index contributed by atoms with van der Waals surface area (Å²) in [4.78, 5) is 14.5. The van der Waals surface area contributed by atoms with Gasteiger partial charge in [0.2, 0.25) is 5.91 Å². The molecule has 0 bridgehead atoms. The van der Waals surface area contributed by atoms with E-state index in [0.717, 1.165) is 25.4 Å². The minimum atomic E-state index is -0.404. The summed E-state index contributed by atoms with van der Waals surface area (Å²) in [6, 6.07) is 6.27. The molecule has 2 aliphatic rings. The predicted molar refractivity (Wildman–Crippen MR) is 97.1 cm³/mol. The third-order valence-electron chi connectivity index (χ3n) is 5.47. The predicted octanol–water partition coefficient (Wildman–Crippen LogP) is 4.01. The van der Waals surface area contributed by atoms with Crippen molar-refractivity contribution in [2.24, 2.45) is 11.8 Å². The van der Waals surface area contributed by atoms with Crippen molar-refractivity contribution in [1.29, 1.82) is 0 Å². The lowest BCUT2D eigenvalue weighted by Crippen LogP contribution is -2.45. The number of benzene rings is 1. The minimum Gasteiger partial charge on any atom is -0.411 e. The number of amides is 1. The molecule has 2 atom stereocenters. The van der Waals surface area contributed by atoms with Gasteiger partial charge >= 0.3 is 0 Å². The number of likely N-dealkylation sites (tertiary alicyclic amines) is 1. The lowest BCUT2D eigenvalue weighted by atomic mass is 9.75. The molecule has 1 saturated carbocycles. The van der Waals surface area contributed by atoms with E-state index < -0.39 is 5.82 Å². The summed E-state index contributed by atoms with van der Waals surface area (Å²) in [6.45, 7) is 1.74. The second-order valence-corrected chi connectivity index (χ2v) is 8.00. The molecule has 1 aromatic heterocycles. The van der Waals surface area contributed by atoms with Crippen LogP contribution in [0.5, 0.6) is 0 Å². The summed E-state index contributed by atoms with van der Waals surface area (Å²) >= 11 is 1.22. The molecule has 1 amide bonds. The van der Waals surface area contributed by atoms with Gasteiger partial charge in [-0.15, -0.1) is 10.2 Å². The molecule has 1 saturated heterocycles. The molecule has 0 unspecified atom stereocenters. The molecule has 1 aromatic carbocycles. The molecule has 26 heavy (non-hydrogen) atoms. The number of nitrogens with zero attached hydrogens (tertiary/aromatic N) is 3. The van der Waals surface area contributed by atoms with Crippen molar-refractivity contribution in [3.63, 3.8) is 0 Å². The summed E-state index contributed by atoms with van der Waals surface area (Å²) in [5, 5.41) is 8.11. The highest BCUT2D eigenvalue weighted by Crippen LogP contribution is 2.36. The number of thioether (sulfide) groups is 1. The Morgan fingerprint density at radius 2 is 2.00 bits per heavy atom. The first-order valence-electron chi connectivity index (χ1n) is 9.19. The van der Waals surface area contributed by atoms with E-state index in [-0.39, 0.29) is 23.1 Å². The molecule has 2 fully saturated rings. The van der Waals surface area contributed by atoms with E-state index in [0.29, 0.717) is 11.1 Å². The van der Waals surface area contributed by atoms with E-state index >= 15 is 0 Å². The number of aromatic nitrogens is 2. The fourth-order valence-corrected chi connectivity index (χ4v) is 4.72. The van der Waals surface area contributed by atoms with Crippen LogP contribution in [-0.4, -0.2) is 39.8 Å². The summed E-state index contributed by atoms with van der Waals surface area (Å²) in [5.41, 5.74) is 0.276. The monoisotopic (exact) mass is 375 g/mol. The van der Waals surface area contributed by atoms with Gasteiger partial charge in [-0.25, -0.2) is 4.39 Å². The first-order valence-corrected chi connectivity index (χ1v) is 10.2. The quantitative estimate of drug-likeness (QED) is 0.756. The van der Waals surface area contributed by atoms with Gasteiger partial charge in [0, 0.05) is 13.1 Å². The summed E-state index contributed by atoms with van der Waals surface area (Å²) in [5.74, 6) is 1.60. The van der Waals surface area contributed by atoms with Crippen LogP contribution in [0.25, 0.3) is 11.5 Å². The largest absolute Gasteiger partial charge is 0.411 e. The number of hydrogen-bond acceptors (Lipinski definition) is 5. The molecule has 0 N–H and O–H groups in total. The van der Waals surface area contributed by atoms with E-state index in [1.54, 1.807) is 18.2 Å². The van der Waals surface area contributed by atoms with Crippen molar-refractivity contribution in [3.8, 4) is 11.5 Å². The number of piperidine rings is 1. The average Bonchev–Trinajstić information content (AvgIpc) is 3.15. The van der Waals surface area contributed by atoms with Crippen molar-refractivity contribution in [2.75, 3.05) is 18.8 Å². The zero-order valence-electron chi connectivity index (χ0n) is 14.6. The molecular weight excluding hydrogens is 353 g/mol. The van der Waals surface area contributed by atoms with Crippen LogP contribution in [0, 0.1) is 17.7 Å². The summed E-state index contributed by atoms with van der Waals surface area (Å²) < 4.78 is 19.3. The Bertz CT molecular complexity index is 782. The van der Waals surface area contributed by atoms with Crippen molar-refractivity contribution in [1.82, 2.24) is 15.1 Å². The zero-order valence-corrected chi connectivity index (χ0v) is 15.4. The number of hydrogen-bond donors (Lipinski definition) is 0. The van der Waals surface area contributed by atoms with Gasteiger partial charge in [0.1, 0.15) is 5.82 Å². The summed E-state index contributed by atoms with van der Waals surface area (Å²) in [6.07, 6.45) is 6.32. The van der Waals surface area contributed by atoms with Gasteiger partial charge in [-0.2, -0.15) is 0 Å². The third-order valence-corrected chi connectivity index (χ3v) is 6.28. The maximum absolute atomic E-state index is 13.8. The van der Waals surface area contributed by atoms with E-state index in [4.69, 9.17) is 4.42 Å². The van der Waals surface area contributed by atoms with Crippen molar-refractivity contribution < 1.29 is 13.6 Å². The lowest BCUT2D eigenvalue weighted by Gasteiger charge is -2.41. The highest BCUT2D eigenvalue weighted by atomic mass is 32.2. The number of rotatable bonds is 4. The fraction of sp³-hybridized carbons (Fsp3) is 0.526. The van der Waals surface area contributed by atoms with Gasteiger partial charge in [-0.3, -0.25) is 4.79 Å². The SMILES string of the molecule is O=C(CSc1nnc(-c2ccccc2F)o1)N1CC[C@@H]2CCCC[C@H]2C1. The fourth-order valence-electron chi connectivity index (χ4n) is 4.05. The van der Waals surface area contributed by atoms with Crippen molar-refractivity contribution in [2.45, 2.75) is 37.3 Å². The van der Waals surface area contributed by atoms with Crippen LogP contribution in [-0.2, 0) is 4.79 Å². The highest BCUT2D eigenvalue weighted by molar-refractivity contribution is 7.99. The van der Waals surface area contributed by atoms with E-state index in [9.17, 15) is 9.18 Å². The third kappa shape index (κ3) is 3.77. The normalized spacial score (nSPS) is 22.9. The first-order chi connectivity index (χ1) is 12.7. The van der Waals surface area contributed by atoms with Crippen LogP contribution in [0.4, 0.5) is 4.39 Å². The van der Waals surface area contributed by atoms with Gasteiger partial charge < -0.3 is 9.32 Å². The maximum Gasteiger partial charge on any atom is 0.277 e. The molecule has 2 heterocycles. The number of halogens is 1. The van der Waals surface area contributed by atoms with Gasteiger partial charge in [0.05, 0.1) is 11.3 Å². The van der Waals surface area contributed by atoms with Crippen molar-refractivity contribution >= 4 is 17.7 Å². The van der Waals surface area contributed by atoms with Crippen LogP contribution in [0.15, 0.2) is 33.9 Å². The Labute approximate surface area is 156 Å². The van der Waals surface area contributed by atoms with Gasteiger partial charge in [-0.05, 0) is 36.8 Å². The Hall–Kier alpha value is -1.89. The lowest BCUT2D eigenvalue weighted by molar-refractivity contribution is -0.131. The van der Waals surface area contributed by atoms with Gasteiger partial charge in [0.25, 0.3) is 11.1 Å². The molecule has 1 aliphatic carbocycles. The molecular formula is C19H22FN3O2S. The van der Waals surface area contributed by atoms with Crippen LogP contribution in [0.1, 0.15) is 32.1 Å². The van der Waals surface area contributed by atoms with Gasteiger partial charge in [-0.1, -0.05) is 43.2 Å². The maximum atomic E-state index is 13.8. The Morgan fingerprint density at radius 1 is 1.19 bits per heavy atom. The molecule has 5 nitrogen and oxygen atoms in total. The number of carbonyl (C=O) groups excluding carboxylic acids is 1. The van der Waals surface area contributed by atoms with Crippen LogP contribution >= 0.6 is 11.8 Å². The average molecular weight is 375 g/mol. The van der Waals surface area contributed by atoms with E-state index in [2.05, 4.69) is 10.2 Å².